The summed E-state index contributed by atoms with van der Waals surface area (Å²) in [5, 5.41) is 0.665. The van der Waals surface area contributed by atoms with E-state index in [1.54, 1.807) is 30.3 Å². The zero-order valence-electron chi connectivity index (χ0n) is 18.3. The number of halogens is 2. The molecular formula is C25H24BrClN2O4. The molecule has 0 unspecified atom stereocenters. The summed E-state index contributed by atoms with van der Waals surface area (Å²) in [4.78, 5) is 24.4. The number of aryl methyl sites for hydroxylation is 2. The Hall–Kier alpha value is -3.03. The van der Waals surface area contributed by atoms with E-state index in [9.17, 15) is 9.59 Å². The number of amides is 2. The first-order valence-electron chi connectivity index (χ1n) is 10.3. The molecule has 0 aliphatic heterocycles. The van der Waals surface area contributed by atoms with Crippen LogP contribution in [0.3, 0.4) is 0 Å². The van der Waals surface area contributed by atoms with Crippen molar-refractivity contribution in [3.63, 3.8) is 0 Å². The van der Waals surface area contributed by atoms with E-state index in [1.165, 1.54) is 5.56 Å². The lowest BCUT2D eigenvalue weighted by Gasteiger charge is -2.12. The molecule has 3 aromatic carbocycles. The van der Waals surface area contributed by atoms with Crippen LogP contribution in [-0.2, 0) is 11.2 Å². The molecular weight excluding hydrogens is 508 g/mol. The van der Waals surface area contributed by atoms with Crippen molar-refractivity contribution in [3.05, 3.63) is 92.4 Å². The lowest BCUT2D eigenvalue weighted by molar-refractivity contribution is -0.123. The summed E-state index contributed by atoms with van der Waals surface area (Å²) >= 11 is 9.56. The van der Waals surface area contributed by atoms with E-state index < -0.39 is 11.8 Å². The van der Waals surface area contributed by atoms with Gasteiger partial charge in [0.25, 0.3) is 11.8 Å². The van der Waals surface area contributed by atoms with E-state index in [4.69, 9.17) is 21.1 Å². The maximum absolute atomic E-state index is 12.4. The van der Waals surface area contributed by atoms with E-state index in [0.29, 0.717) is 33.2 Å². The summed E-state index contributed by atoms with van der Waals surface area (Å²) < 4.78 is 11.9. The van der Waals surface area contributed by atoms with E-state index in [2.05, 4.69) is 26.8 Å². The van der Waals surface area contributed by atoms with Gasteiger partial charge in [-0.2, -0.15) is 0 Å². The smallest absolute Gasteiger partial charge is 0.276 e. The van der Waals surface area contributed by atoms with Crippen LogP contribution in [0.15, 0.2) is 65.1 Å². The quantitative estimate of drug-likeness (QED) is 0.393. The highest BCUT2D eigenvalue weighted by atomic mass is 79.9. The Balaban J connectivity index is 1.45. The average molecular weight is 532 g/mol. The van der Waals surface area contributed by atoms with Crippen molar-refractivity contribution >= 4 is 39.3 Å². The summed E-state index contributed by atoms with van der Waals surface area (Å²) in [6, 6.07) is 18.5. The molecule has 0 heterocycles. The summed E-state index contributed by atoms with van der Waals surface area (Å²) in [5.41, 5.74) is 7.99. The minimum absolute atomic E-state index is 0.251. The number of nitrogens with one attached hydrogen (secondary N) is 2. The van der Waals surface area contributed by atoms with Gasteiger partial charge in [-0.3, -0.25) is 20.4 Å². The number of benzene rings is 3. The first kappa shape index (κ1) is 24.6. The summed E-state index contributed by atoms with van der Waals surface area (Å²) in [5.74, 6) is 0.211. The molecule has 0 aliphatic rings. The largest absolute Gasteiger partial charge is 0.492 e. The fourth-order valence-corrected chi connectivity index (χ4v) is 3.66. The van der Waals surface area contributed by atoms with E-state index in [1.807, 2.05) is 44.2 Å². The van der Waals surface area contributed by atoms with Crippen LogP contribution < -0.4 is 20.3 Å². The molecule has 3 rings (SSSR count). The second-order valence-corrected chi connectivity index (χ2v) is 8.62. The molecule has 0 bridgehead atoms. The zero-order valence-corrected chi connectivity index (χ0v) is 20.6. The van der Waals surface area contributed by atoms with Gasteiger partial charge in [0.2, 0.25) is 0 Å². The van der Waals surface area contributed by atoms with Crippen LogP contribution in [0.4, 0.5) is 0 Å². The molecule has 0 fully saturated rings. The highest BCUT2D eigenvalue weighted by Gasteiger charge is 2.12. The van der Waals surface area contributed by atoms with Crippen molar-refractivity contribution in [2.45, 2.75) is 20.3 Å². The van der Waals surface area contributed by atoms with Crippen LogP contribution in [0.2, 0.25) is 5.02 Å². The van der Waals surface area contributed by atoms with Crippen LogP contribution in [-0.4, -0.2) is 25.0 Å². The van der Waals surface area contributed by atoms with Crippen LogP contribution in [0.25, 0.3) is 0 Å². The third-order valence-corrected chi connectivity index (χ3v) is 6.00. The lowest BCUT2D eigenvalue weighted by Crippen LogP contribution is -2.43. The first-order valence-corrected chi connectivity index (χ1v) is 11.5. The number of ether oxygens (including phenoxy) is 2. The minimum atomic E-state index is -0.492. The van der Waals surface area contributed by atoms with Gasteiger partial charge in [0, 0.05) is 17.0 Å². The van der Waals surface area contributed by atoms with Gasteiger partial charge in [-0.1, -0.05) is 41.9 Å². The van der Waals surface area contributed by atoms with Gasteiger partial charge in [0.15, 0.2) is 6.61 Å². The number of hydrogen-bond donors (Lipinski definition) is 2. The number of carbonyl (C=O) groups excluding carboxylic acids is 2. The standard InChI is InChI=1S/C25H24BrClN2O4/c1-16-12-20(13-17(2)24(16)27)33-15-23(30)28-29-25(31)19-8-9-22(21(26)14-19)32-11-10-18-6-4-3-5-7-18/h3-9,12-14H,10-11,15H2,1-2H3,(H,28,30)(H,29,31). The van der Waals surface area contributed by atoms with Gasteiger partial charge in [0.1, 0.15) is 11.5 Å². The van der Waals surface area contributed by atoms with Crippen molar-refractivity contribution < 1.29 is 19.1 Å². The first-order chi connectivity index (χ1) is 15.8. The topological polar surface area (TPSA) is 76.7 Å². The molecule has 0 saturated heterocycles. The Morgan fingerprint density at radius 1 is 0.939 bits per heavy atom. The SMILES string of the molecule is Cc1cc(OCC(=O)NNC(=O)c2ccc(OCCc3ccccc3)c(Br)c2)cc(C)c1Cl. The minimum Gasteiger partial charge on any atom is -0.492 e. The molecule has 3 aromatic rings. The van der Waals surface area contributed by atoms with Gasteiger partial charge in [-0.15, -0.1) is 0 Å². The van der Waals surface area contributed by atoms with Crippen LogP contribution in [0.1, 0.15) is 27.0 Å². The van der Waals surface area contributed by atoms with E-state index in [0.717, 1.165) is 17.5 Å². The second-order valence-electron chi connectivity index (χ2n) is 7.39. The molecule has 172 valence electrons. The Labute approximate surface area is 206 Å². The van der Waals surface area contributed by atoms with E-state index in [-0.39, 0.29) is 6.61 Å². The molecule has 2 amide bonds. The number of hydrogen-bond acceptors (Lipinski definition) is 4. The molecule has 0 atom stereocenters. The maximum atomic E-state index is 12.4. The summed E-state index contributed by atoms with van der Waals surface area (Å²) in [6.45, 7) is 3.98. The van der Waals surface area contributed by atoms with Crippen LogP contribution in [0.5, 0.6) is 11.5 Å². The van der Waals surface area contributed by atoms with Gasteiger partial charge >= 0.3 is 0 Å². The monoisotopic (exact) mass is 530 g/mol. The summed E-state index contributed by atoms with van der Waals surface area (Å²) in [7, 11) is 0. The fourth-order valence-electron chi connectivity index (χ4n) is 3.06. The van der Waals surface area contributed by atoms with Crippen LogP contribution in [0, 0.1) is 13.8 Å². The van der Waals surface area contributed by atoms with Gasteiger partial charge < -0.3 is 9.47 Å². The Morgan fingerprint density at radius 2 is 1.64 bits per heavy atom. The third-order valence-electron chi connectivity index (χ3n) is 4.78. The molecule has 0 saturated carbocycles. The number of hydrazine groups is 1. The number of rotatable bonds is 8. The predicted octanol–water partition coefficient (Wildman–Crippen LogP) is 5.18. The van der Waals surface area contributed by atoms with Crippen molar-refractivity contribution in [2.24, 2.45) is 0 Å². The Kier molecular flexibility index (Phi) is 8.74. The highest BCUT2D eigenvalue weighted by molar-refractivity contribution is 9.10. The maximum Gasteiger partial charge on any atom is 0.276 e. The Morgan fingerprint density at radius 3 is 2.30 bits per heavy atom. The van der Waals surface area contributed by atoms with Crippen molar-refractivity contribution in [1.82, 2.24) is 10.9 Å². The summed E-state index contributed by atoms with van der Waals surface area (Å²) in [6.07, 6.45) is 0.777. The predicted molar refractivity (Wildman–Crippen MR) is 132 cm³/mol. The molecule has 0 aliphatic carbocycles. The third kappa shape index (κ3) is 7.23. The second kappa shape index (κ2) is 11.7. The normalized spacial score (nSPS) is 10.4. The molecule has 0 radical (unpaired) electrons. The molecule has 0 aromatic heterocycles. The number of carbonyl (C=O) groups is 2. The van der Waals surface area contributed by atoms with Gasteiger partial charge in [-0.25, -0.2) is 0 Å². The van der Waals surface area contributed by atoms with Crippen molar-refractivity contribution in [3.8, 4) is 11.5 Å². The molecule has 2 N–H and O–H groups in total. The van der Waals surface area contributed by atoms with Crippen LogP contribution >= 0.6 is 27.5 Å². The highest BCUT2D eigenvalue weighted by Crippen LogP contribution is 2.27. The molecule has 6 nitrogen and oxygen atoms in total. The average Bonchev–Trinajstić information content (AvgIpc) is 2.81. The van der Waals surface area contributed by atoms with Crippen molar-refractivity contribution in [1.29, 1.82) is 0 Å². The molecule has 8 heteroatoms. The lowest BCUT2D eigenvalue weighted by atomic mass is 10.1. The zero-order chi connectivity index (χ0) is 23.8. The van der Waals surface area contributed by atoms with Crippen molar-refractivity contribution in [2.75, 3.05) is 13.2 Å². The fraction of sp³-hybridized carbons (Fsp3) is 0.200. The molecule has 33 heavy (non-hydrogen) atoms. The molecule has 0 spiro atoms. The van der Waals surface area contributed by atoms with E-state index >= 15 is 0 Å². The van der Waals surface area contributed by atoms with Gasteiger partial charge in [-0.05, 0) is 76.8 Å². The Bertz CT molecular complexity index is 1120. The van der Waals surface area contributed by atoms with Gasteiger partial charge in [0.05, 0.1) is 11.1 Å².